The third kappa shape index (κ3) is 2.96. The van der Waals surface area contributed by atoms with Crippen molar-refractivity contribution < 1.29 is 8.42 Å². The molecule has 0 unspecified atom stereocenters. The molecule has 0 N–H and O–H groups in total. The maximum absolute atomic E-state index is 12.5. The fourth-order valence-electron chi connectivity index (χ4n) is 2.33. The molecule has 0 aliphatic carbocycles. The largest absolute Gasteiger partial charge is 0.319 e. The van der Waals surface area contributed by atoms with E-state index >= 15 is 0 Å². The molecule has 0 atom stereocenters. The Morgan fingerprint density at radius 2 is 1.61 bits per heavy atom. The standard InChI is InChI=1S/C17H18N2O2S2/c1-11-5-7-14(8-6-11)23(20,21)18-17-19(4)15-9-12(2)13(3)10-16(15)22-17/h5-10H,1-4H3/b18-17-. The van der Waals surface area contributed by atoms with Crippen molar-refractivity contribution in [2.24, 2.45) is 11.4 Å². The van der Waals surface area contributed by atoms with Gasteiger partial charge in [0, 0.05) is 7.05 Å². The van der Waals surface area contributed by atoms with Crippen LogP contribution in [0.25, 0.3) is 10.2 Å². The quantitative estimate of drug-likeness (QED) is 0.713. The van der Waals surface area contributed by atoms with Gasteiger partial charge in [-0.05, 0) is 56.2 Å². The van der Waals surface area contributed by atoms with Crippen molar-refractivity contribution in [3.63, 3.8) is 0 Å². The maximum Gasteiger partial charge on any atom is 0.285 e. The lowest BCUT2D eigenvalue weighted by atomic mass is 10.1. The monoisotopic (exact) mass is 346 g/mol. The first kappa shape index (κ1) is 16.0. The molecule has 0 radical (unpaired) electrons. The number of fused-ring (bicyclic) bond motifs is 1. The molecular formula is C17H18N2O2S2. The molecule has 3 rings (SSSR count). The SMILES string of the molecule is Cc1ccc(S(=O)(=O)/N=c2\sc3cc(C)c(C)cc3n2C)cc1. The number of hydrogen-bond donors (Lipinski definition) is 0. The van der Waals surface area contributed by atoms with E-state index in [0.717, 1.165) is 15.8 Å². The van der Waals surface area contributed by atoms with E-state index in [9.17, 15) is 8.42 Å². The summed E-state index contributed by atoms with van der Waals surface area (Å²) in [6, 6.07) is 10.9. The summed E-state index contributed by atoms with van der Waals surface area (Å²) in [5.74, 6) is 0. The zero-order valence-electron chi connectivity index (χ0n) is 13.5. The van der Waals surface area contributed by atoms with Gasteiger partial charge in [-0.25, -0.2) is 0 Å². The van der Waals surface area contributed by atoms with Gasteiger partial charge in [0.25, 0.3) is 10.0 Å². The van der Waals surface area contributed by atoms with E-state index in [1.165, 1.54) is 22.5 Å². The average Bonchev–Trinajstić information content (AvgIpc) is 2.76. The lowest BCUT2D eigenvalue weighted by molar-refractivity contribution is 0.596. The van der Waals surface area contributed by atoms with Gasteiger partial charge in [0.1, 0.15) is 0 Å². The third-order valence-electron chi connectivity index (χ3n) is 3.94. The fourth-order valence-corrected chi connectivity index (χ4v) is 4.66. The molecule has 0 aliphatic heterocycles. The van der Waals surface area contributed by atoms with Gasteiger partial charge < -0.3 is 4.57 Å². The second-order valence-electron chi connectivity index (χ2n) is 5.73. The van der Waals surface area contributed by atoms with Crippen LogP contribution in [0.2, 0.25) is 0 Å². The second-order valence-corrected chi connectivity index (χ2v) is 8.34. The van der Waals surface area contributed by atoms with Crippen LogP contribution >= 0.6 is 11.3 Å². The highest BCUT2D eigenvalue weighted by Crippen LogP contribution is 2.22. The van der Waals surface area contributed by atoms with E-state index in [1.807, 2.05) is 32.4 Å². The van der Waals surface area contributed by atoms with Crippen LogP contribution in [-0.4, -0.2) is 13.0 Å². The van der Waals surface area contributed by atoms with Crippen LogP contribution in [0.3, 0.4) is 0 Å². The summed E-state index contributed by atoms with van der Waals surface area (Å²) >= 11 is 1.39. The number of thiazole rings is 1. The minimum Gasteiger partial charge on any atom is -0.319 e. The van der Waals surface area contributed by atoms with Crippen molar-refractivity contribution in [2.45, 2.75) is 25.7 Å². The van der Waals surface area contributed by atoms with E-state index in [1.54, 1.807) is 24.3 Å². The molecule has 1 aromatic heterocycles. The van der Waals surface area contributed by atoms with Gasteiger partial charge in [-0.2, -0.15) is 8.42 Å². The molecule has 23 heavy (non-hydrogen) atoms. The number of nitrogens with zero attached hydrogens (tertiary/aromatic N) is 2. The van der Waals surface area contributed by atoms with Crippen molar-refractivity contribution >= 4 is 31.6 Å². The van der Waals surface area contributed by atoms with Crippen LogP contribution in [0.4, 0.5) is 0 Å². The molecule has 6 heteroatoms. The Bertz CT molecular complexity index is 1060. The Hall–Kier alpha value is -1.92. The number of hydrogen-bond acceptors (Lipinski definition) is 3. The Balaban J connectivity index is 2.21. The van der Waals surface area contributed by atoms with Crippen molar-refractivity contribution in [3.05, 3.63) is 57.9 Å². The first-order chi connectivity index (χ1) is 10.8. The maximum atomic E-state index is 12.5. The van der Waals surface area contributed by atoms with E-state index < -0.39 is 10.0 Å². The fraction of sp³-hybridized carbons (Fsp3) is 0.235. The van der Waals surface area contributed by atoms with E-state index in [2.05, 4.69) is 16.5 Å². The Morgan fingerprint density at radius 1 is 1.00 bits per heavy atom. The van der Waals surface area contributed by atoms with Gasteiger partial charge in [0.2, 0.25) is 4.80 Å². The lowest BCUT2D eigenvalue weighted by Crippen LogP contribution is -2.13. The topological polar surface area (TPSA) is 51.4 Å². The summed E-state index contributed by atoms with van der Waals surface area (Å²) in [5.41, 5.74) is 4.38. The highest BCUT2D eigenvalue weighted by Gasteiger charge is 2.14. The smallest absolute Gasteiger partial charge is 0.285 e. The molecule has 0 saturated carbocycles. The molecule has 0 saturated heterocycles. The van der Waals surface area contributed by atoms with Crippen LogP contribution in [0, 0.1) is 20.8 Å². The molecule has 2 aromatic carbocycles. The van der Waals surface area contributed by atoms with Crippen LogP contribution < -0.4 is 4.80 Å². The van der Waals surface area contributed by atoms with Gasteiger partial charge in [-0.3, -0.25) is 0 Å². The van der Waals surface area contributed by atoms with Crippen LogP contribution in [0.15, 0.2) is 45.7 Å². The van der Waals surface area contributed by atoms with Crippen molar-refractivity contribution in [2.75, 3.05) is 0 Å². The Kier molecular flexibility index (Phi) is 3.90. The molecule has 3 aromatic rings. The molecular weight excluding hydrogens is 328 g/mol. The summed E-state index contributed by atoms with van der Waals surface area (Å²) in [4.78, 5) is 0.693. The Morgan fingerprint density at radius 3 is 2.26 bits per heavy atom. The number of aromatic nitrogens is 1. The third-order valence-corrected chi connectivity index (χ3v) is 6.43. The molecule has 0 bridgehead atoms. The summed E-state index contributed by atoms with van der Waals surface area (Å²) < 4.78 is 31.9. The van der Waals surface area contributed by atoms with Gasteiger partial charge in [0.15, 0.2) is 0 Å². The predicted molar refractivity (Wildman–Crippen MR) is 94.2 cm³/mol. The molecule has 0 fully saturated rings. The zero-order valence-corrected chi connectivity index (χ0v) is 15.1. The van der Waals surface area contributed by atoms with Crippen LogP contribution in [0.5, 0.6) is 0 Å². The van der Waals surface area contributed by atoms with E-state index in [-0.39, 0.29) is 4.90 Å². The van der Waals surface area contributed by atoms with Crippen molar-refractivity contribution in [1.29, 1.82) is 0 Å². The van der Waals surface area contributed by atoms with Gasteiger partial charge >= 0.3 is 0 Å². The second kappa shape index (κ2) is 5.62. The minimum absolute atomic E-state index is 0.216. The molecule has 120 valence electrons. The summed E-state index contributed by atoms with van der Waals surface area (Å²) in [7, 11) is -1.86. The molecule has 1 heterocycles. The van der Waals surface area contributed by atoms with Crippen LogP contribution in [0.1, 0.15) is 16.7 Å². The number of sulfonamides is 1. The summed E-state index contributed by atoms with van der Waals surface area (Å²) in [5, 5.41) is 0. The highest BCUT2D eigenvalue weighted by atomic mass is 32.2. The van der Waals surface area contributed by atoms with E-state index in [0.29, 0.717) is 4.80 Å². The summed E-state index contributed by atoms with van der Waals surface area (Å²) in [6.07, 6.45) is 0. The molecule has 4 nitrogen and oxygen atoms in total. The first-order valence-electron chi connectivity index (χ1n) is 7.22. The van der Waals surface area contributed by atoms with Gasteiger partial charge in [0.05, 0.1) is 15.1 Å². The lowest BCUT2D eigenvalue weighted by Gasteiger charge is -2.01. The summed E-state index contributed by atoms with van der Waals surface area (Å²) in [6.45, 7) is 6.02. The number of aryl methyl sites for hydroxylation is 4. The van der Waals surface area contributed by atoms with Gasteiger partial charge in [-0.15, -0.1) is 4.40 Å². The normalized spacial score (nSPS) is 13.0. The minimum atomic E-state index is -3.71. The molecule has 0 aliphatic rings. The Labute approximate surface area is 139 Å². The number of rotatable bonds is 2. The average molecular weight is 346 g/mol. The first-order valence-corrected chi connectivity index (χ1v) is 9.48. The molecule has 0 spiro atoms. The molecule has 0 amide bonds. The number of benzene rings is 2. The predicted octanol–water partition coefficient (Wildman–Crippen LogP) is 3.45. The van der Waals surface area contributed by atoms with Crippen LogP contribution in [-0.2, 0) is 17.1 Å². The van der Waals surface area contributed by atoms with E-state index in [4.69, 9.17) is 0 Å². The van der Waals surface area contributed by atoms with Gasteiger partial charge in [-0.1, -0.05) is 29.0 Å². The van der Waals surface area contributed by atoms with Crippen molar-refractivity contribution in [3.8, 4) is 0 Å². The highest BCUT2D eigenvalue weighted by molar-refractivity contribution is 7.90. The zero-order chi connectivity index (χ0) is 16.8. The van der Waals surface area contributed by atoms with Crippen molar-refractivity contribution in [1.82, 2.24) is 4.57 Å².